The van der Waals surface area contributed by atoms with E-state index < -0.39 is 10.0 Å². The summed E-state index contributed by atoms with van der Waals surface area (Å²) in [6, 6.07) is 11.9. The van der Waals surface area contributed by atoms with Crippen LogP contribution < -0.4 is 9.46 Å². The first-order chi connectivity index (χ1) is 12.6. The van der Waals surface area contributed by atoms with Crippen LogP contribution in [0.15, 0.2) is 63.7 Å². The molecule has 3 heterocycles. The maximum absolute atomic E-state index is 12.8. The molecule has 1 aromatic carbocycles. The third-order valence-electron chi connectivity index (χ3n) is 3.69. The summed E-state index contributed by atoms with van der Waals surface area (Å²) >= 11 is 1.11. The third-order valence-corrected chi connectivity index (χ3v) is 6.66. The number of nitrogens with zero attached hydrogens (tertiary/aromatic N) is 2. The summed E-state index contributed by atoms with van der Waals surface area (Å²) in [5.74, 6) is 0.540. The Balaban J connectivity index is 1.73. The smallest absolute Gasteiger partial charge is 0.271 e. The van der Waals surface area contributed by atoms with Crippen LogP contribution in [0.1, 0.15) is 0 Å². The van der Waals surface area contributed by atoms with Gasteiger partial charge in [-0.25, -0.2) is 8.42 Å². The molecule has 0 spiro atoms. The quantitative estimate of drug-likeness (QED) is 0.560. The van der Waals surface area contributed by atoms with Gasteiger partial charge >= 0.3 is 0 Å². The van der Waals surface area contributed by atoms with Crippen molar-refractivity contribution >= 4 is 38.0 Å². The van der Waals surface area contributed by atoms with E-state index in [9.17, 15) is 8.42 Å². The molecule has 0 fully saturated rings. The fourth-order valence-electron chi connectivity index (χ4n) is 2.50. The number of sulfonamides is 1. The first-order valence-electron chi connectivity index (χ1n) is 7.53. The second-order valence-corrected chi connectivity index (χ2v) is 8.35. The van der Waals surface area contributed by atoms with Crippen molar-refractivity contribution in [3.8, 4) is 16.3 Å². The monoisotopic (exact) mass is 387 g/mol. The molecule has 7 nitrogen and oxygen atoms in total. The van der Waals surface area contributed by atoms with Crippen LogP contribution in [0.5, 0.6) is 5.75 Å². The minimum Gasteiger partial charge on any atom is -0.497 e. The number of hydrogen-bond donors (Lipinski definition) is 1. The van der Waals surface area contributed by atoms with Crippen molar-refractivity contribution in [1.29, 1.82) is 0 Å². The van der Waals surface area contributed by atoms with Gasteiger partial charge < -0.3 is 9.26 Å². The van der Waals surface area contributed by atoms with E-state index in [0.29, 0.717) is 27.5 Å². The van der Waals surface area contributed by atoms with Crippen molar-refractivity contribution in [2.45, 2.75) is 4.21 Å². The largest absolute Gasteiger partial charge is 0.497 e. The maximum atomic E-state index is 12.8. The predicted molar refractivity (Wildman–Crippen MR) is 98.9 cm³/mol. The fraction of sp³-hybridized carbons (Fsp3) is 0.0588. The van der Waals surface area contributed by atoms with Gasteiger partial charge in [0.2, 0.25) is 0 Å². The lowest BCUT2D eigenvalue weighted by molar-refractivity contribution is 0.415. The van der Waals surface area contributed by atoms with Crippen molar-refractivity contribution in [1.82, 2.24) is 10.1 Å². The number of anilines is 1. The van der Waals surface area contributed by atoms with Gasteiger partial charge in [0.05, 0.1) is 23.2 Å². The highest BCUT2D eigenvalue weighted by atomic mass is 32.2. The van der Waals surface area contributed by atoms with Gasteiger partial charge in [-0.15, -0.1) is 11.3 Å². The van der Waals surface area contributed by atoms with Crippen LogP contribution in [-0.2, 0) is 10.0 Å². The number of hydrogen-bond acceptors (Lipinski definition) is 7. The number of pyridine rings is 1. The van der Waals surface area contributed by atoms with Crippen LogP contribution in [0.25, 0.3) is 21.5 Å². The summed E-state index contributed by atoms with van der Waals surface area (Å²) < 4.78 is 38.5. The van der Waals surface area contributed by atoms with Crippen molar-refractivity contribution < 1.29 is 17.7 Å². The van der Waals surface area contributed by atoms with Gasteiger partial charge in [-0.1, -0.05) is 11.2 Å². The molecule has 0 aliphatic carbocycles. The topological polar surface area (TPSA) is 94.3 Å². The first-order valence-corrected chi connectivity index (χ1v) is 9.83. The molecule has 0 radical (unpaired) electrons. The van der Waals surface area contributed by atoms with Gasteiger partial charge in [-0.2, -0.15) is 0 Å². The van der Waals surface area contributed by atoms with Crippen molar-refractivity contribution in [2.24, 2.45) is 0 Å². The minimum atomic E-state index is -3.79. The van der Waals surface area contributed by atoms with Crippen LogP contribution in [0, 0.1) is 0 Å². The van der Waals surface area contributed by atoms with Crippen LogP contribution >= 0.6 is 11.3 Å². The van der Waals surface area contributed by atoms with E-state index >= 15 is 0 Å². The molecule has 9 heteroatoms. The number of methoxy groups -OCH3 is 1. The standard InChI is InChI=1S/C17H13N3O4S2/c1-23-12-9-11-3-2-7-18-17(11)14(10-12)20-26(21,22)16-5-4-15(25-16)13-6-8-24-19-13/h2-10,20H,1H3. The van der Waals surface area contributed by atoms with E-state index in [2.05, 4.69) is 14.9 Å². The molecule has 0 atom stereocenters. The summed E-state index contributed by atoms with van der Waals surface area (Å²) in [5, 5.41) is 4.60. The maximum Gasteiger partial charge on any atom is 0.271 e. The molecule has 26 heavy (non-hydrogen) atoms. The van der Waals surface area contributed by atoms with Crippen LogP contribution in [0.4, 0.5) is 5.69 Å². The summed E-state index contributed by atoms with van der Waals surface area (Å²) in [6.07, 6.45) is 3.05. The predicted octanol–water partition coefficient (Wildman–Crippen LogP) is 3.76. The van der Waals surface area contributed by atoms with Gasteiger partial charge in [0.25, 0.3) is 10.0 Å². The van der Waals surface area contributed by atoms with Crippen molar-refractivity contribution in [3.05, 3.63) is 54.9 Å². The Kier molecular flexibility index (Phi) is 4.09. The van der Waals surface area contributed by atoms with Crippen LogP contribution in [-0.4, -0.2) is 25.7 Å². The Labute approximate surface area is 153 Å². The molecular formula is C17H13N3O4S2. The zero-order valence-corrected chi connectivity index (χ0v) is 15.2. The summed E-state index contributed by atoms with van der Waals surface area (Å²) in [4.78, 5) is 4.98. The van der Waals surface area contributed by atoms with E-state index in [-0.39, 0.29) is 4.21 Å². The van der Waals surface area contributed by atoms with Crippen molar-refractivity contribution in [2.75, 3.05) is 11.8 Å². The van der Waals surface area contributed by atoms with Gasteiger partial charge in [-0.05, 0) is 24.3 Å². The molecule has 0 saturated carbocycles. The molecule has 0 aliphatic heterocycles. The average Bonchev–Trinajstić information content (AvgIpc) is 3.32. The molecule has 4 rings (SSSR count). The molecule has 4 aromatic rings. The number of ether oxygens (including phenoxy) is 1. The first kappa shape index (κ1) is 16.6. The Bertz CT molecular complexity index is 1170. The second kappa shape index (κ2) is 6.43. The summed E-state index contributed by atoms with van der Waals surface area (Å²) in [7, 11) is -2.26. The minimum absolute atomic E-state index is 0.169. The molecule has 3 aromatic heterocycles. The van der Waals surface area contributed by atoms with Gasteiger partial charge in [0.15, 0.2) is 0 Å². The van der Waals surface area contributed by atoms with Gasteiger partial charge in [-0.3, -0.25) is 9.71 Å². The normalized spacial score (nSPS) is 11.6. The lowest BCUT2D eigenvalue weighted by Crippen LogP contribution is -2.12. The highest BCUT2D eigenvalue weighted by Gasteiger charge is 2.20. The van der Waals surface area contributed by atoms with E-state index in [0.717, 1.165) is 16.7 Å². The molecule has 132 valence electrons. The number of fused-ring (bicyclic) bond motifs is 1. The number of aromatic nitrogens is 2. The number of rotatable bonds is 5. The second-order valence-electron chi connectivity index (χ2n) is 5.36. The van der Waals surface area contributed by atoms with E-state index in [1.807, 2.05) is 6.07 Å². The Morgan fingerprint density at radius 1 is 1.19 bits per heavy atom. The van der Waals surface area contributed by atoms with E-state index in [1.165, 1.54) is 19.4 Å². The van der Waals surface area contributed by atoms with Gasteiger partial charge in [0.1, 0.15) is 21.9 Å². The number of benzene rings is 1. The number of nitrogens with one attached hydrogen (secondary N) is 1. The van der Waals surface area contributed by atoms with E-state index in [1.54, 1.807) is 36.5 Å². The van der Waals surface area contributed by atoms with Crippen LogP contribution in [0.3, 0.4) is 0 Å². The lowest BCUT2D eigenvalue weighted by Gasteiger charge is -2.11. The SMILES string of the molecule is COc1cc(NS(=O)(=O)c2ccc(-c3ccon3)s2)c2ncccc2c1. The molecule has 0 unspecified atom stereocenters. The lowest BCUT2D eigenvalue weighted by atomic mass is 10.2. The van der Waals surface area contributed by atoms with Gasteiger partial charge in [0, 0.05) is 23.7 Å². The summed E-state index contributed by atoms with van der Waals surface area (Å²) in [6.45, 7) is 0. The van der Waals surface area contributed by atoms with Crippen LogP contribution in [0.2, 0.25) is 0 Å². The zero-order valence-electron chi connectivity index (χ0n) is 13.5. The zero-order chi connectivity index (χ0) is 18.1. The fourth-order valence-corrected chi connectivity index (χ4v) is 4.82. The number of thiophene rings is 1. The summed E-state index contributed by atoms with van der Waals surface area (Å²) in [5.41, 5.74) is 1.49. The van der Waals surface area contributed by atoms with E-state index in [4.69, 9.17) is 9.26 Å². The molecule has 0 bridgehead atoms. The molecule has 0 amide bonds. The highest BCUT2D eigenvalue weighted by Crippen LogP contribution is 2.33. The highest BCUT2D eigenvalue weighted by molar-refractivity contribution is 7.94. The average molecular weight is 387 g/mol. The Morgan fingerprint density at radius 2 is 2.08 bits per heavy atom. The molecule has 0 saturated heterocycles. The third kappa shape index (κ3) is 3.02. The Morgan fingerprint density at radius 3 is 2.85 bits per heavy atom. The molecule has 0 aliphatic rings. The Hall–Kier alpha value is -2.91. The molecular weight excluding hydrogens is 374 g/mol. The molecule has 1 N–H and O–H groups in total. The van der Waals surface area contributed by atoms with Crippen molar-refractivity contribution in [3.63, 3.8) is 0 Å².